The standard InChI is InChI=1S/C20H18N4O3/c1-12-3-5-15(13(2)7-12)24-20(25)16-9-19(22-10-21-16)23-14-4-6-17-18(8-14)27-11-26-17/h3-10H,11H2,1-2H3,(H,24,25)(H,21,22,23). The van der Waals surface area contributed by atoms with Crippen LogP contribution in [0.1, 0.15) is 21.6 Å². The van der Waals surface area contributed by atoms with E-state index < -0.39 is 0 Å². The number of amides is 1. The van der Waals surface area contributed by atoms with Crippen LogP contribution in [0.4, 0.5) is 17.2 Å². The Labute approximate surface area is 156 Å². The molecule has 0 saturated heterocycles. The zero-order valence-corrected chi connectivity index (χ0v) is 14.9. The van der Waals surface area contributed by atoms with Gasteiger partial charge < -0.3 is 20.1 Å². The molecular weight excluding hydrogens is 344 g/mol. The quantitative estimate of drug-likeness (QED) is 0.734. The van der Waals surface area contributed by atoms with Crippen LogP contribution in [0.15, 0.2) is 48.8 Å². The summed E-state index contributed by atoms with van der Waals surface area (Å²) in [5, 5.41) is 6.03. The Hall–Kier alpha value is -3.61. The normalized spacial score (nSPS) is 11.9. The predicted molar refractivity (Wildman–Crippen MR) is 102 cm³/mol. The van der Waals surface area contributed by atoms with Gasteiger partial charge in [0.25, 0.3) is 5.91 Å². The topological polar surface area (TPSA) is 85.4 Å². The minimum absolute atomic E-state index is 0.217. The molecule has 2 N–H and O–H groups in total. The first-order valence-corrected chi connectivity index (χ1v) is 8.46. The van der Waals surface area contributed by atoms with E-state index in [1.165, 1.54) is 6.33 Å². The van der Waals surface area contributed by atoms with E-state index in [0.717, 1.165) is 22.5 Å². The molecule has 27 heavy (non-hydrogen) atoms. The second kappa shape index (κ2) is 6.95. The summed E-state index contributed by atoms with van der Waals surface area (Å²) in [6.45, 7) is 4.18. The van der Waals surface area contributed by atoms with Gasteiger partial charge in [0.2, 0.25) is 6.79 Å². The van der Waals surface area contributed by atoms with Crippen LogP contribution >= 0.6 is 0 Å². The molecule has 3 aromatic rings. The molecule has 1 aliphatic rings. The number of hydrogen-bond acceptors (Lipinski definition) is 6. The number of ether oxygens (including phenoxy) is 2. The number of aryl methyl sites for hydroxylation is 2. The molecule has 0 unspecified atom stereocenters. The number of aromatic nitrogens is 2. The van der Waals surface area contributed by atoms with Crippen LogP contribution in [0.25, 0.3) is 0 Å². The Kier molecular flexibility index (Phi) is 4.33. The molecule has 1 aromatic heterocycles. The highest BCUT2D eigenvalue weighted by Gasteiger charge is 2.14. The number of carbonyl (C=O) groups excluding carboxylic acids is 1. The lowest BCUT2D eigenvalue weighted by atomic mass is 10.1. The lowest BCUT2D eigenvalue weighted by molar-refractivity contribution is 0.102. The maximum Gasteiger partial charge on any atom is 0.274 e. The van der Waals surface area contributed by atoms with Gasteiger partial charge >= 0.3 is 0 Å². The van der Waals surface area contributed by atoms with Crippen LogP contribution in [0.3, 0.4) is 0 Å². The number of anilines is 3. The van der Waals surface area contributed by atoms with Crippen molar-refractivity contribution in [2.75, 3.05) is 17.4 Å². The number of nitrogens with zero attached hydrogens (tertiary/aromatic N) is 2. The highest BCUT2D eigenvalue weighted by molar-refractivity contribution is 6.03. The molecular formula is C20H18N4O3. The van der Waals surface area contributed by atoms with Crippen molar-refractivity contribution in [3.8, 4) is 11.5 Å². The molecule has 0 saturated carbocycles. The van der Waals surface area contributed by atoms with Crippen molar-refractivity contribution in [3.63, 3.8) is 0 Å². The number of nitrogens with one attached hydrogen (secondary N) is 2. The summed E-state index contributed by atoms with van der Waals surface area (Å²) in [7, 11) is 0. The maximum atomic E-state index is 12.5. The molecule has 4 rings (SSSR count). The molecule has 0 bridgehead atoms. The van der Waals surface area contributed by atoms with E-state index in [4.69, 9.17) is 9.47 Å². The minimum Gasteiger partial charge on any atom is -0.454 e. The Morgan fingerprint density at radius 3 is 2.70 bits per heavy atom. The molecule has 2 heterocycles. The van der Waals surface area contributed by atoms with Gasteiger partial charge in [0, 0.05) is 23.5 Å². The second-order valence-electron chi connectivity index (χ2n) is 6.25. The van der Waals surface area contributed by atoms with Crippen molar-refractivity contribution in [1.82, 2.24) is 9.97 Å². The van der Waals surface area contributed by atoms with Crippen molar-refractivity contribution < 1.29 is 14.3 Å². The van der Waals surface area contributed by atoms with Crippen LogP contribution < -0.4 is 20.1 Å². The molecule has 136 valence electrons. The molecule has 2 aromatic carbocycles. The van der Waals surface area contributed by atoms with Gasteiger partial charge in [-0.05, 0) is 37.6 Å². The van der Waals surface area contributed by atoms with Gasteiger partial charge in [-0.1, -0.05) is 17.7 Å². The van der Waals surface area contributed by atoms with E-state index in [0.29, 0.717) is 17.3 Å². The first kappa shape index (κ1) is 16.8. The monoisotopic (exact) mass is 362 g/mol. The molecule has 7 nitrogen and oxygen atoms in total. The van der Waals surface area contributed by atoms with E-state index in [1.54, 1.807) is 6.07 Å². The van der Waals surface area contributed by atoms with Crippen LogP contribution in [-0.2, 0) is 0 Å². The van der Waals surface area contributed by atoms with E-state index in [1.807, 2.05) is 50.2 Å². The van der Waals surface area contributed by atoms with Crippen LogP contribution in [0.5, 0.6) is 11.5 Å². The largest absolute Gasteiger partial charge is 0.454 e. The number of hydrogen-bond donors (Lipinski definition) is 2. The van der Waals surface area contributed by atoms with Gasteiger partial charge in [0.1, 0.15) is 17.8 Å². The molecule has 0 aliphatic carbocycles. The second-order valence-corrected chi connectivity index (χ2v) is 6.25. The maximum absolute atomic E-state index is 12.5. The highest BCUT2D eigenvalue weighted by Crippen LogP contribution is 2.34. The minimum atomic E-state index is -0.293. The Balaban J connectivity index is 1.51. The molecule has 7 heteroatoms. The molecule has 0 fully saturated rings. The first-order valence-electron chi connectivity index (χ1n) is 8.46. The summed E-state index contributed by atoms with van der Waals surface area (Å²) in [5.41, 5.74) is 3.94. The van der Waals surface area contributed by atoms with Crippen LogP contribution in [0, 0.1) is 13.8 Å². The van der Waals surface area contributed by atoms with Crippen molar-refractivity contribution >= 4 is 23.1 Å². The summed E-state index contributed by atoms with van der Waals surface area (Å²) in [6, 6.07) is 12.9. The fraction of sp³-hybridized carbons (Fsp3) is 0.150. The van der Waals surface area contributed by atoms with Crippen molar-refractivity contribution in [3.05, 3.63) is 65.6 Å². The zero-order valence-electron chi connectivity index (χ0n) is 14.9. The van der Waals surface area contributed by atoms with Gasteiger partial charge in [-0.2, -0.15) is 0 Å². The van der Waals surface area contributed by atoms with Crippen molar-refractivity contribution in [1.29, 1.82) is 0 Å². The third-order valence-electron chi connectivity index (χ3n) is 4.17. The third kappa shape index (κ3) is 3.67. The average Bonchev–Trinajstić information content (AvgIpc) is 3.12. The van der Waals surface area contributed by atoms with E-state index in [2.05, 4.69) is 20.6 Å². The lowest BCUT2D eigenvalue weighted by Gasteiger charge is -2.10. The van der Waals surface area contributed by atoms with E-state index in [-0.39, 0.29) is 18.4 Å². The summed E-state index contributed by atoms with van der Waals surface area (Å²) in [6.07, 6.45) is 1.35. The Morgan fingerprint density at radius 2 is 1.85 bits per heavy atom. The molecule has 0 atom stereocenters. The summed E-state index contributed by atoms with van der Waals surface area (Å²) < 4.78 is 10.7. The van der Waals surface area contributed by atoms with Gasteiger partial charge in [-0.3, -0.25) is 4.79 Å². The highest BCUT2D eigenvalue weighted by atomic mass is 16.7. The van der Waals surface area contributed by atoms with Gasteiger partial charge in [0.15, 0.2) is 11.5 Å². The lowest BCUT2D eigenvalue weighted by Crippen LogP contribution is -2.15. The molecule has 1 aliphatic heterocycles. The fourth-order valence-electron chi connectivity index (χ4n) is 2.81. The van der Waals surface area contributed by atoms with E-state index in [9.17, 15) is 4.79 Å². The van der Waals surface area contributed by atoms with Crippen LogP contribution in [-0.4, -0.2) is 22.7 Å². The number of benzene rings is 2. The molecule has 0 spiro atoms. The molecule has 0 radical (unpaired) electrons. The number of rotatable bonds is 4. The predicted octanol–water partition coefficient (Wildman–Crippen LogP) is 3.82. The van der Waals surface area contributed by atoms with Crippen molar-refractivity contribution in [2.24, 2.45) is 0 Å². The first-order chi connectivity index (χ1) is 13.1. The Morgan fingerprint density at radius 1 is 1.00 bits per heavy atom. The summed E-state index contributed by atoms with van der Waals surface area (Å²) >= 11 is 0. The summed E-state index contributed by atoms with van der Waals surface area (Å²) in [4.78, 5) is 20.8. The zero-order chi connectivity index (χ0) is 18.8. The van der Waals surface area contributed by atoms with E-state index >= 15 is 0 Å². The number of carbonyl (C=O) groups is 1. The van der Waals surface area contributed by atoms with Gasteiger partial charge in [-0.15, -0.1) is 0 Å². The molecule has 1 amide bonds. The fourth-order valence-corrected chi connectivity index (χ4v) is 2.81. The van der Waals surface area contributed by atoms with Crippen molar-refractivity contribution in [2.45, 2.75) is 13.8 Å². The van der Waals surface area contributed by atoms with Crippen LogP contribution in [0.2, 0.25) is 0 Å². The number of fused-ring (bicyclic) bond motifs is 1. The Bertz CT molecular complexity index is 1020. The smallest absolute Gasteiger partial charge is 0.274 e. The summed E-state index contributed by atoms with van der Waals surface area (Å²) in [5.74, 6) is 1.59. The average molecular weight is 362 g/mol. The van der Waals surface area contributed by atoms with Gasteiger partial charge in [-0.25, -0.2) is 9.97 Å². The third-order valence-corrected chi connectivity index (χ3v) is 4.17. The SMILES string of the molecule is Cc1ccc(NC(=O)c2cc(Nc3ccc4c(c3)OCO4)ncn2)c(C)c1. The van der Waals surface area contributed by atoms with Gasteiger partial charge in [0.05, 0.1) is 0 Å².